The fourth-order valence-electron chi connectivity index (χ4n) is 1.79. The Balaban J connectivity index is 2.57. The molecule has 0 bridgehead atoms. The Morgan fingerprint density at radius 3 is 2.83 bits per heavy atom. The molecule has 0 saturated carbocycles. The normalized spacial score (nSPS) is 15.3. The number of hydrogen-bond donors (Lipinski definition) is 2. The van der Waals surface area contributed by atoms with E-state index in [-0.39, 0.29) is 30.2 Å². The summed E-state index contributed by atoms with van der Waals surface area (Å²) in [6, 6.07) is 1.50. The molecule has 0 fully saturated rings. The molecule has 1 aliphatic heterocycles. The molecule has 0 amide bonds. The number of hydrogen-bond acceptors (Lipinski definition) is 4. The minimum Gasteiger partial charge on any atom is -0.486 e. The molecule has 1 aromatic carbocycles. The highest BCUT2D eigenvalue weighted by molar-refractivity contribution is 9.10. The van der Waals surface area contributed by atoms with Gasteiger partial charge in [0.15, 0.2) is 17.3 Å². The van der Waals surface area contributed by atoms with Gasteiger partial charge in [0.25, 0.3) is 0 Å². The van der Waals surface area contributed by atoms with E-state index in [4.69, 9.17) is 20.3 Å². The van der Waals surface area contributed by atoms with E-state index in [0.29, 0.717) is 11.1 Å². The Bertz CT molecular complexity index is 494. The van der Waals surface area contributed by atoms with Gasteiger partial charge in [-0.2, -0.15) is 0 Å². The van der Waals surface area contributed by atoms with E-state index in [9.17, 15) is 9.18 Å². The fraction of sp³-hybridized carbons (Fsp3) is 0.364. The molecule has 7 heteroatoms. The number of rotatable bonds is 3. The third-order valence-electron chi connectivity index (χ3n) is 2.64. The van der Waals surface area contributed by atoms with Crippen molar-refractivity contribution >= 4 is 21.9 Å². The van der Waals surface area contributed by atoms with Gasteiger partial charge in [0, 0.05) is 16.6 Å². The van der Waals surface area contributed by atoms with Gasteiger partial charge in [-0.3, -0.25) is 4.79 Å². The average molecular weight is 320 g/mol. The molecule has 1 aliphatic rings. The first kappa shape index (κ1) is 13.1. The van der Waals surface area contributed by atoms with Crippen LogP contribution < -0.4 is 15.2 Å². The van der Waals surface area contributed by atoms with E-state index in [2.05, 4.69) is 15.9 Å². The van der Waals surface area contributed by atoms with E-state index in [0.717, 1.165) is 0 Å². The van der Waals surface area contributed by atoms with Crippen LogP contribution in [0.25, 0.3) is 0 Å². The van der Waals surface area contributed by atoms with E-state index >= 15 is 0 Å². The van der Waals surface area contributed by atoms with Crippen LogP contribution in [0.5, 0.6) is 11.5 Å². The first-order chi connectivity index (χ1) is 8.56. The molecule has 3 N–H and O–H groups in total. The van der Waals surface area contributed by atoms with Crippen molar-refractivity contribution in [3.63, 3.8) is 0 Å². The molecule has 1 aromatic rings. The molecule has 0 saturated heterocycles. The van der Waals surface area contributed by atoms with Crippen LogP contribution in [-0.2, 0) is 4.79 Å². The van der Waals surface area contributed by atoms with E-state index in [1.807, 2.05) is 0 Å². The molecule has 1 heterocycles. The highest BCUT2D eigenvalue weighted by Crippen LogP contribution is 2.41. The van der Waals surface area contributed by atoms with Crippen LogP contribution in [-0.4, -0.2) is 30.8 Å². The standard InChI is InChI=1S/C11H11BrFNO4/c12-6-3-7-10(18-2-1-17-7)9(13)8(6)5(4-14)11(15)16/h3,5H,1-2,4,14H2,(H,15,16). The number of benzene rings is 1. The lowest BCUT2D eigenvalue weighted by molar-refractivity contribution is -0.138. The predicted molar refractivity (Wildman–Crippen MR) is 64.5 cm³/mol. The molecule has 0 aromatic heterocycles. The number of nitrogens with two attached hydrogens (primary N) is 1. The summed E-state index contributed by atoms with van der Waals surface area (Å²) >= 11 is 3.14. The van der Waals surface area contributed by atoms with E-state index in [1.54, 1.807) is 0 Å². The molecule has 0 spiro atoms. The van der Waals surface area contributed by atoms with Gasteiger partial charge in [-0.25, -0.2) is 4.39 Å². The Hall–Kier alpha value is -1.34. The van der Waals surface area contributed by atoms with Gasteiger partial charge in [0.05, 0.1) is 5.92 Å². The summed E-state index contributed by atoms with van der Waals surface area (Å²) in [6.07, 6.45) is 0. The van der Waals surface area contributed by atoms with Gasteiger partial charge in [0.2, 0.25) is 0 Å². The van der Waals surface area contributed by atoms with Crippen molar-refractivity contribution < 1.29 is 23.8 Å². The van der Waals surface area contributed by atoms with Crippen molar-refractivity contribution in [2.75, 3.05) is 19.8 Å². The van der Waals surface area contributed by atoms with Crippen molar-refractivity contribution in [2.45, 2.75) is 5.92 Å². The highest BCUT2D eigenvalue weighted by atomic mass is 79.9. The third-order valence-corrected chi connectivity index (χ3v) is 3.30. The third kappa shape index (κ3) is 2.15. The van der Waals surface area contributed by atoms with Crippen molar-refractivity contribution in [3.8, 4) is 11.5 Å². The largest absolute Gasteiger partial charge is 0.486 e. The summed E-state index contributed by atoms with van der Waals surface area (Å²) in [6.45, 7) is 0.354. The summed E-state index contributed by atoms with van der Waals surface area (Å²) in [5.74, 6) is -2.85. The van der Waals surface area contributed by atoms with Crippen molar-refractivity contribution in [3.05, 3.63) is 21.9 Å². The number of carboxylic acids is 1. The summed E-state index contributed by atoms with van der Waals surface area (Å²) < 4.78 is 25.0. The van der Waals surface area contributed by atoms with Gasteiger partial charge in [0.1, 0.15) is 13.2 Å². The molecule has 1 atom stereocenters. The maximum Gasteiger partial charge on any atom is 0.312 e. The monoisotopic (exact) mass is 319 g/mol. The molecule has 18 heavy (non-hydrogen) atoms. The van der Waals surface area contributed by atoms with Crippen molar-refractivity contribution in [2.24, 2.45) is 5.73 Å². The number of carbonyl (C=O) groups is 1. The molecule has 98 valence electrons. The number of carboxylic acid groups (broad SMARTS) is 1. The maximum absolute atomic E-state index is 14.3. The topological polar surface area (TPSA) is 81.8 Å². The van der Waals surface area contributed by atoms with Gasteiger partial charge < -0.3 is 20.3 Å². The van der Waals surface area contributed by atoms with E-state index in [1.165, 1.54) is 6.07 Å². The second-order valence-corrected chi connectivity index (χ2v) is 4.59. The van der Waals surface area contributed by atoms with Crippen LogP contribution in [0.4, 0.5) is 4.39 Å². The second-order valence-electron chi connectivity index (χ2n) is 3.74. The first-order valence-corrected chi connectivity index (χ1v) is 6.06. The predicted octanol–water partition coefficient (Wildman–Crippen LogP) is 1.49. The van der Waals surface area contributed by atoms with Gasteiger partial charge in [-0.15, -0.1) is 0 Å². The van der Waals surface area contributed by atoms with Crippen LogP contribution >= 0.6 is 15.9 Å². The Morgan fingerprint density at radius 1 is 1.56 bits per heavy atom. The van der Waals surface area contributed by atoms with Crippen LogP contribution in [0.2, 0.25) is 0 Å². The number of aliphatic carboxylic acids is 1. The van der Waals surface area contributed by atoms with Crippen molar-refractivity contribution in [1.29, 1.82) is 0 Å². The zero-order chi connectivity index (χ0) is 13.3. The van der Waals surface area contributed by atoms with Crippen LogP contribution in [0.3, 0.4) is 0 Å². The van der Waals surface area contributed by atoms with E-state index < -0.39 is 17.7 Å². The SMILES string of the molecule is NCC(C(=O)O)c1c(Br)cc2c(c1F)OCCO2. The van der Waals surface area contributed by atoms with Crippen LogP contribution in [0, 0.1) is 5.82 Å². The summed E-state index contributed by atoms with van der Waals surface area (Å²) in [4.78, 5) is 11.1. The zero-order valence-electron chi connectivity index (χ0n) is 9.28. The molecule has 1 unspecified atom stereocenters. The van der Waals surface area contributed by atoms with Crippen molar-refractivity contribution in [1.82, 2.24) is 0 Å². The lowest BCUT2D eigenvalue weighted by atomic mass is 9.98. The van der Waals surface area contributed by atoms with Crippen LogP contribution in [0.15, 0.2) is 10.5 Å². The maximum atomic E-state index is 14.3. The lowest BCUT2D eigenvalue weighted by Gasteiger charge is -2.22. The van der Waals surface area contributed by atoms with Gasteiger partial charge in [-0.05, 0) is 6.07 Å². The Labute approximate surface area is 111 Å². The molecular weight excluding hydrogens is 309 g/mol. The fourth-order valence-corrected chi connectivity index (χ4v) is 2.45. The molecule has 5 nitrogen and oxygen atoms in total. The summed E-state index contributed by atoms with van der Waals surface area (Å²) in [5.41, 5.74) is 5.36. The highest BCUT2D eigenvalue weighted by Gasteiger charge is 2.30. The quantitative estimate of drug-likeness (QED) is 0.882. The Morgan fingerprint density at radius 2 is 2.22 bits per heavy atom. The molecule has 2 rings (SSSR count). The second kappa shape index (κ2) is 5.11. The molecular formula is C11H11BrFNO4. The zero-order valence-corrected chi connectivity index (χ0v) is 10.9. The van der Waals surface area contributed by atoms with Gasteiger partial charge in [-0.1, -0.05) is 15.9 Å². The molecule has 0 aliphatic carbocycles. The lowest BCUT2D eigenvalue weighted by Crippen LogP contribution is -2.24. The summed E-state index contributed by atoms with van der Waals surface area (Å²) in [5, 5.41) is 9.04. The Kier molecular flexibility index (Phi) is 3.72. The minimum absolute atomic E-state index is 0.0192. The first-order valence-electron chi connectivity index (χ1n) is 5.26. The average Bonchev–Trinajstić information content (AvgIpc) is 2.34. The molecule has 0 radical (unpaired) electrons. The number of ether oxygens (including phenoxy) is 2. The minimum atomic E-state index is -1.19. The summed E-state index contributed by atoms with van der Waals surface area (Å²) in [7, 11) is 0. The van der Waals surface area contributed by atoms with Gasteiger partial charge >= 0.3 is 5.97 Å². The number of fused-ring (bicyclic) bond motifs is 1. The van der Waals surface area contributed by atoms with Crippen LogP contribution in [0.1, 0.15) is 11.5 Å². The smallest absolute Gasteiger partial charge is 0.312 e. The number of halogens is 2.